The lowest BCUT2D eigenvalue weighted by Gasteiger charge is -2.00. The fourth-order valence-electron chi connectivity index (χ4n) is 1.05. The number of aryl methyl sites for hydroxylation is 1. The van der Waals surface area contributed by atoms with Gasteiger partial charge in [-0.25, -0.2) is 10.4 Å². The molecule has 13 heavy (non-hydrogen) atoms. The second kappa shape index (κ2) is 2.87. The van der Waals surface area contributed by atoms with Gasteiger partial charge in [-0.3, -0.25) is 0 Å². The van der Waals surface area contributed by atoms with Crippen molar-refractivity contribution in [2.24, 2.45) is 17.6 Å². The Bertz CT molecular complexity index is 322. The number of nitrogens with one attached hydrogen (secondary N) is 1. The van der Waals surface area contributed by atoms with Crippen LogP contribution >= 0.6 is 0 Å². The Morgan fingerprint density at radius 3 is 3.00 bits per heavy atom. The van der Waals surface area contributed by atoms with Crippen LogP contribution in [-0.2, 0) is 7.05 Å². The summed E-state index contributed by atoms with van der Waals surface area (Å²) >= 11 is 0. The molecule has 0 unspecified atom stereocenters. The molecule has 0 saturated heterocycles. The van der Waals surface area contributed by atoms with Crippen molar-refractivity contribution in [2.45, 2.75) is 19.8 Å². The van der Waals surface area contributed by atoms with E-state index in [2.05, 4.69) is 22.4 Å². The number of hydrogen-bond donors (Lipinski definition) is 1. The topological polar surface area (TPSA) is 42.2 Å². The molecule has 1 aliphatic carbocycles. The summed E-state index contributed by atoms with van der Waals surface area (Å²) in [6, 6.07) is 0. The van der Waals surface area contributed by atoms with Gasteiger partial charge in [0.25, 0.3) is 0 Å². The first kappa shape index (κ1) is 8.29. The molecule has 1 fully saturated rings. The normalized spacial score (nSPS) is 19.2. The van der Waals surface area contributed by atoms with Crippen LogP contribution in [0.5, 0.6) is 0 Å². The molecule has 0 bridgehead atoms. The van der Waals surface area contributed by atoms with Crippen LogP contribution in [0, 0.1) is 5.41 Å². The lowest BCUT2D eigenvalue weighted by molar-refractivity contribution is 0.820. The van der Waals surface area contributed by atoms with E-state index in [1.807, 2.05) is 24.0 Å². The van der Waals surface area contributed by atoms with Crippen molar-refractivity contribution in [2.75, 3.05) is 5.43 Å². The third-order valence-corrected chi connectivity index (χ3v) is 2.40. The van der Waals surface area contributed by atoms with E-state index in [1.54, 1.807) is 6.20 Å². The second-order valence-electron chi connectivity index (χ2n) is 3.89. The van der Waals surface area contributed by atoms with Crippen LogP contribution in [-0.4, -0.2) is 15.8 Å². The molecule has 0 amide bonds. The van der Waals surface area contributed by atoms with Gasteiger partial charge in [-0.1, -0.05) is 6.92 Å². The first-order chi connectivity index (χ1) is 6.20. The zero-order valence-corrected chi connectivity index (χ0v) is 7.99. The van der Waals surface area contributed by atoms with Gasteiger partial charge in [0.05, 0.1) is 0 Å². The van der Waals surface area contributed by atoms with E-state index in [0.717, 1.165) is 5.95 Å². The van der Waals surface area contributed by atoms with Crippen LogP contribution in [0.2, 0.25) is 0 Å². The van der Waals surface area contributed by atoms with E-state index in [0.29, 0.717) is 5.41 Å². The summed E-state index contributed by atoms with van der Waals surface area (Å²) in [5, 5.41) is 4.15. The van der Waals surface area contributed by atoms with Crippen molar-refractivity contribution in [3.63, 3.8) is 0 Å². The lowest BCUT2D eigenvalue weighted by Crippen LogP contribution is -2.01. The van der Waals surface area contributed by atoms with E-state index in [4.69, 9.17) is 0 Å². The van der Waals surface area contributed by atoms with Crippen molar-refractivity contribution in [3.05, 3.63) is 12.4 Å². The quantitative estimate of drug-likeness (QED) is 0.564. The third kappa shape index (κ3) is 1.88. The van der Waals surface area contributed by atoms with E-state index in [-0.39, 0.29) is 0 Å². The molecular formula is C9H14N4. The maximum absolute atomic E-state index is 4.15. The summed E-state index contributed by atoms with van der Waals surface area (Å²) in [6.07, 6.45) is 8.10. The average molecular weight is 178 g/mol. The summed E-state index contributed by atoms with van der Waals surface area (Å²) in [5.41, 5.74) is 3.26. The lowest BCUT2D eigenvalue weighted by atomic mass is 10.2. The van der Waals surface area contributed by atoms with Crippen molar-refractivity contribution in [1.29, 1.82) is 0 Å². The monoisotopic (exact) mass is 178 g/mol. The van der Waals surface area contributed by atoms with Crippen LogP contribution < -0.4 is 5.43 Å². The minimum Gasteiger partial charge on any atom is -0.319 e. The Morgan fingerprint density at radius 1 is 1.69 bits per heavy atom. The minimum absolute atomic E-state index is 0.345. The first-order valence-corrected chi connectivity index (χ1v) is 4.47. The summed E-state index contributed by atoms with van der Waals surface area (Å²) in [5.74, 6) is 0.778. The number of hydrogen-bond acceptors (Lipinski definition) is 3. The zero-order chi connectivity index (χ0) is 9.31. The predicted molar refractivity (Wildman–Crippen MR) is 52.7 cm³/mol. The number of hydrazone groups is 1. The van der Waals surface area contributed by atoms with Crippen LogP contribution in [0.15, 0.2) is 17.5 Å². The van der Waals surface area contributed by atoms with Gasteiger partial charge in [0.2, 0.25) is 5.95 Å². The van der Waals surface area contributed by atoms with Gasteiger partial charge in [0.15, 0.2) is 0 Å². The van der Waals surface area contributed by atoms with Crippen LogP contribution in [0.1, 0.15) is 19.8 Å². The van der Waals surface area contributed by atoms with E-state index in [9.17, 15) is 0 Å². The summed E-state index contributed by atoms with van der Waals surface area (Å²) in [7, 11) is 1.93. The molecule has 1 aromatic heterocycles. The van der Waals surface area contributed by atoms with Gasteiger partial charge >= 0.3 is 0 Å². The van der Waals surface area contributed by atoms with Crippen molar-refractivity contribution in [3.8, 4) is 0 Å². The smallest absolute Gasteiger partial charge is 0.223 e. The Labute approximate surface area is 77.7 Å². The highest BCUT2D eigenvalue weighted by Crippen LogP contribution is 2.42. The first-order valence-electron chi connectivity index (χ1n) is 4.47. The molecule has 0 atom stereocenters. The van der Waals surface area contributed by atoms with Crippen LogP contribution in [0.4, 0.5) is 5.95 Å². The number of anilines is 1. The zero-order valence-electron chi connectivity index (χ0n) is 7.99. The highest BCUT2D eigenvalue weighted by molar-refractivity contribution is 5.69. The standard InChI is InChI=1S/C9H14N4/c1-9(3-4-9)7-11-12-8-10-5-6-13(8)2/h5-7H,3-4H2,1-2H3,(H,10,12)/b11-7+. The fraction of sp³-hybridized carbons (Fsp3) is 0.556. The molecule has 1 saturated carbocycles. The van der Waals surface area contributed by atoms with E-state index >= 15 is 0 Å². The fourth-order valence-corrected chi connectivity index (χ4v) is 1.05. The van der Waals surface area contributed by atoms with Gasteiger partial charge in [0.1, 0.15) is 0 Å². The Hall–Kier alpha value is -1.32. The molecule has 1 aliphatic rings. The maximum atomic E-state index is 4.15. The van der Waals surface area contributed by atoms with Crippen LogP contribution in [0.3, 0.4) is 0 Å². The molecule has 0 aliphatic heterocycles. The summed E-state index contributed by atoms with van der Waals surface area (Å²) < 4.78 is 1.90. The number of rotatable bonds is 3. The molecule has 0 aromatic carbocycles. The highest BCUT2D eigenvalue weighted by atomic mass is 15.4. The Morgan fingerprint density at radius 2 is 2.46 bits per heavy atom. The number of aromatic nitrogens is 2. The molecule has 4 nitrogen and oxygen atoms in total. The third-order valence-electron chi connectivity index (χ3n) is 2.40. The molecule has 1 heterocycles. The maximum Gasteiger partial charge on any atom is 0.223 e. The highest BCUT2D eigenvalue weighted by Gasteiger charge is 2.35. The number of nitrogens with zero attached hydrogens (tertiary/aromatic N) is 3. The SMILES string of the molecule is Cn1ccnc1N/N=C/C1(C)CC1. The molecule has 4 heteroatoms. The molecule has 1 aromatic rings. The molecule has 1 N–H and O–H groups in total. The van der Waals surface area contributed by atoms with Gasteiger partial charge in [-0.15, -0.1) is 0 Å². The van der Waals surface area contributed by atoms with Crippen LogP contribution in [0.25, 0.3) is 0 Å². The van der Waals surface area contributed by atoms with Crippen molar-refractivity contribution in [1.82, 2.24) is 9.55 Å². The summed E-state index contributed by atoms with van der Waals surface area (Å²) in [6.45, 7) is 2.20. The van der Waals surface area contributed by atoms with Gasteiger partial charge in [0, 0.05) is 31.1 Å². The molecule has 2 rings (SSSR count). The van der Waals surface area contributed by atoms with Gasteiger partial charge < -0.3 is 4.57 Å². The second-order valence-corrected chi connectivity index (χ2v) is 3.89. The Balaban J connectivity index is 1.92. The molecule has 0 spiro atoms. The molecule has 0 radical (unpaired) electrons. The minimum atomic E-state index is 0.345. The predicted octanol–water partition coefficient (Wildman–Crippen LogP) is 1.62. The van der Waals surface area contributed by atoms with E-state index in [1.165, 1.54) is 12.8 Å². The van der Waals surface area contributed by atoms with Gasteiger partial charge in [-0.05, 0) is 12.8 Å². The number of imidazole rings is 1. The molecule has 70 valence electrons. The van der Waals surface area contributed by atoms with Crippen molar-refractivity contribution >= 4 is 12.2 Å². The largest absolute Gasteiger partial charge is 0.319 e. The van der Waals surface area contributed by atoms with Crippen molar-refractivity contribution < 1.29 is 0 Å². The van der Waals surface area contributed by atoms with E-state index < -0.39 is 0 Å². The molecular weight excluding hydrogens is 164 g/mol. The Kier molecular flexibility index (Phi) is 1.83. The average Bonchev–Trinajstić information content (AvgIpc) is 2.68. The summed E-state index contributed by atoms with van der Waals surface area (Å²) in [4.78, 5) is 4.09. The van der Waals surface area contributed by atoms with Gasteiger partial charge in [-0.2, -0.15) is 5.10 Å².